The van der Waals surface area contributed by atoms with Crippen LogP contribution in [0.1, 0.15) is 17.0 Å². The molecular formula is C11H12F3N5. The van der Waals surface area contributed by atoms with Crippen molar-refractivity contribution in [3.8, 4) is 0 Å². The van der Waals surface area contributed by atoms with Crippen molar-refractivity contribution in [2.75, 3.05) is 5.43 Å². The maximum absolute atomic E-state index is 12.6. The fourth-order valence-electron chi connectivity index (χ4n) is 1.54. The Morgan fingerprint density at radius 2 is 2.11 bits per heavy atom. The van der Waals surface area contributed by atoms with Crippen LogP contribution in [0.15, 0.2) is 30.6 Å². The summed E-state index contributed by atoms with van der Waals surface area (Å²) in [6.45, 7) is 0.0456. The number of nitrogens with zero attached hydrogens (tertiary/aromatic N) is 3. The van der Waals surface area contributed by atoms with Crippen molar-refractivity contribution < 1.29 is 13.2 Å². The van der Waals surface area contributed by atoms with Gasteiger partial charge in [0.05, 0.1) is 18.4 Å². The van der Waals surface area contributed by atoms with Gasteiger partial charge in [0.2, 0.25) is 0 Å². The Kier molecular flexibility index (Phi) is 3.70. The van der Waals surface area contributed by atoms with Crippen LogP contribution in [-0.4, -0.2) is 14.9 Å². The highest BCUT2D eigenvalue weighted by Gasteiger charge is 2.36. The number of rotatable bonds is 4. The van der Waals surface area contributed by atoms with Crippen LogP contribution in [0.4, 0.5) is 13.2 Å². The topological polar surface area (TPSA) is 68.8 Å². The highest BCUT2D eigenvalue weighted by molar-refractivity contribution is 5.20. The van der Waals surface area contributed by atoms with E-state index in [1.54, 1.807) is 24.4 Å². The van der Waals surface area contributed by atoms with Crippen molar-refractivity contribution in [2.45, 2.75) is 19.3 Å². The van der Waals surface area contributed by atoms with Gasteiger partial charge < -0.3 is 11.2 Å². The van der Waals surface area contributed by atoms with Crippen LogP contribution < -0.4 is 11.2 Å². The van der Waals surface area contributed by atoms with Crippen LogP contribution in [0.3, 0.4) is 0 Å². The normalized spacial score (nSPS) is 11.6. The highest BCUT2D eigenvalue weighted by atomic mass is 19.4. The van der Waals surface area contributed by atoms with Crippen molar-refractivity contribution in [3.05, 3.63) is 47.5 Å². The molecule has 0 aromatic carbocycles. The van der Waals surface area contributed by atoms with Crippen LogP contribution in [0.25, 0.3) is 0 Å². The van der Waals surface area contributed by atoms with E-state index in [2.05, 4.69) is 15.5 Å². The number of nitrogens with two attached hydrogens (primary N) is 1. The number of hydrogen-bond acceptors (Lipinski definition) is 4. The molecule has 2 heterocycles. The molecule has 0 bridgehead atoms. The molecular weight excluding hydrogens is 259 g/mol. The minimum Gasteiger partial charge on any atom is -0.326 e. The molecule has 8 heteroatoms. The average molecular weight is 271 g/mol. The zero-order chi connectivity index (χ0) is 13.9. The van der Waals surface area contributed by atoms with Crippen LogP contribution in [0.2, 0.25) is 0 Å². The first kappa shape index (κ1) is 13.3. The van der Waals surface area contributed by atoms with Gasteiger partial charge in [0, 0.05) is 18.3 Å². The molecule has 5 nitrogen and oxygen atoms in total. The lowest BCUT2D eigenvalue weighted by Gasteiger charge is -2.05. The lowest BCUT2D eigenvalue weighted by Crippen LogP contribution is -2.17. The SMILES string of the molecule is NCc1cn(NCc2ccccn2)nc1C(F)(F)F. The zero-order valence-electron chi connectivity index (χ0n) is 9.85. The Balaban J connectivity index is 2.12. The maximum Gasteiger partial charge on any atom is 0.435 e. The van der Waals surface area contributed by atoms with E-state index in [0.29, 0.717) is 5.69 Å². The summed E-state index contributed by atoms with van der Waals surface area (Å²) in [5.74, 6) is 0. The standard InChI is InChI=1S/C11H12F3N5/c12-11(13,14)10-8(5-15)7-19(18-10)17-6-9-3-1-2-4-16-9/h1-4,7,17H,5-6,15H2. The third kappa shape index (κ3) is 3.22. The minimum absolute atomic E-state index is 0.0546. The molecule has 0 unspecified atom stereocenters. The van der Waals surface area contributed by atoms with E-state index in [9.17, 15) is 13.2 Å². The average Bonchev–Trinajstić information content (AvgIpc) is 2.81. The van der Waals surface area contributed by atoms with Crippen LogP contribution >= 0.6 is 0 Å². The lowest BCUT2D eigenvalue weighted by atomic mass is 10.2. The van der Waals surface area contributed by atoms with Gasteiger partial charge in [-0.2, -0.15) is 18.0 Å². The molecule has 0 amide bonds. The Morgan fingerprint density at radius 3 is 2.63 bits per heavy atom. The molecule has 0 radical (unpaired) electrons. The number of aromatic nitrogens is 3. The van der Waals surface area contributed by atoms with E-state index in [4.69, 9.17) is 5.73 Å². The first-order valence-corrected chi connectivity index (χ1v) is 5.50. The first-order valence-electron chi connectivity index (χ1n) is 5.50. The van der Waals surface area contributed by atoms with Gasteiger partial charge in [0.25, 0.3) is 0 Å². The van der Waals surface area contributed by atoms with Gasteiger partial charge in [0.1, 0.15) is 0 Å². The summed E-state index contributed by atoms with van der Waals surface area (Å²) in [5.41, 5.74) is 7.66. The molecule has 19 heavy (non-hydrogen) atoms. The first-order chi connectivity index (χ1) is 9.00. The zero-order valence-corrected chi connectivity index (χ0v) is 9.85. The minimum atomic E-state index is -4.51. The molecule has 0 aliphatic rings. The smallest absolute Gasteiger partial charge is 0.326 e. The van der Waals surface area contributed by atoms with E-state index in [-0.39, 0.29) is 18.7 Å². The van der Waals surface area contributed by atoms with Crippen molar-refractivity contribution in [3.63, 3.8) is 0 Å². The van der Waals surface area contributed by atoms with Gasteiger partial charge in [-0.25, -0.2) is 0 Å². The number of halogens is 3. The van der Waals surface area contributed by atoms with E-state index in [1.165, 1.54) is 6.20 Å². The fraction of sp³-hybridized carbons (Fsp3) is 0.273. The van der Waals surface area contributed by atoms with Crippen molar-refractivity contribution in [1.29, 1.82) is 0 Å². The van der Waals surface area contributed by atoms with Gasteiger partial charge in [-0.3, -0.25) is 4.98 Å². The third-order valence-corrected chi connectivity index (χ3v) is 2.43. The van der Waals surface area contributed by atoms with Gasteiger partial charge >= 0.3 is 6.18 Å². The Hall–Kier alpha value is -2.09. The van der Waals surface area contributed by atoms with Crippen molar-refractivity contribution in [2.24, 2.45) is 5.73 Å². The molecule has 0 spiro atoms. The van der Waals surface area contributed by atoms with Crippen LogP contribution in [-0.2, 0) is 19.3 Å². The molecule has 2 rings (SSSR count). The molecule has 0 aliphatic heterocycles. The largest absolute Gasteiger partial charge is 0.435 e. The predicted octanol–water partition coefficient (Wildman–Crippen LogP) is 1.50. The Morgan fingerprint density at radius 1 is 1.32 bits per heavy atom. The van der Waals surface area contributed by atoms with Crippen LogP contribution in [0, 0.1) is 0 Å². The molecule has 0 saturated heterocycles. The molecule has 0 atom stereocenters. The summed E-state index contributed by atoms with van der Waals surface area (Å²) in [6.07, 6.45) is -1.68. The summed E-state index contributed by atoms with van der Waals surface area (Å²) in [5, 5.41) is 3.44. The number of hydrogen-bond donors (Lipinski definition) is 2. The number of nitrogens with one attached hydrogen (secondary N) is 1. The van der Waals surface area contributed by atoms with Crippen LogP contribution in [0.5, 0.6) is 0 Å². The summed E-state index contributed by atoms with van der Waals surface area (Å²) in [6, 6.07) is 5.30. The van der Waals surface area contributed by atoms with E-state index in [0.717, 1.165) is 4.79 Å². The summed E-state index contributed by atoms with van der Waals surface area (Å²) >= 11 is 0. The fourth-order valence-corrected chi connectivity index (χ4v) is 1.54. The van der Waals surface area contributed by atoms with Crippen molar-refractivity contribution >= 4 is 0 Å². The lowest BCUT2D eigenvalue weighted by molar-refractivity contribution is -0.142. The second kappa shape index (κ2) is 5.27. The third-order valence-electron chi connectivity index (χ3n) is 2.43. The second-order valence-electron chi connectivity index (χ2n) is 3.81. The van der Waals surface area contributed by atoms with E-state index < -0.39 is 11.9 Å². The Bertz CT molecular complexity index is 535. The van der Waals surface area contributed by atoms with Gasteiger partial charge in [-0.1, -0.05) is 6.07 Å². The summed E-state index contributed by atoms with van der Waals surface area (Å²) in [4.78, 5) is 5.06. The van der Waals surface area contributed by atoms with Gasteiger partial charge in [-0.15, -0.1) is 5.10 Å². The molecule has 102 valence electrons. The molecule has 2 aromatic heterocycles. The summed E-state index contributed by atoms with van der Waals surface area (Å²) < 4.78 is 37.9. The van der Waals surface area contributed by atoms with E-state index >= 15 is 0 Å². The summed E-state index contributed by atoms with van der Waals surface area (Å²) in [7, 11) is 0. The predicted molar refractivity (Wildman–Crippen MR) is 62.4 cm³/mol. The molecule has 0 saturated carbocycles. The van der Waals surface area contributed by atoms with E-state index in [1.807, 2.05) is 0 Å². The molecule has 3 N–H and O–H groups in total. The monoisotopic (exact) mass is 271 g/mol. The number of alkyl halides is 3. The quantitative estimate of drug-likeness (QED) is 0.884. The van der Waals surface area contributed by atoms with Gasteiger partial charge in [0.15, 0.2) is 5.69 Å². The molecule has 2 aromatic rings. The number of pyridine rings is 1. The Labute approximate surface area is 107 Å². The van der Waals surface area contributed by atoms with Gasteiger partial charge in [-0.05, 0) is 12.1 Å². The second-order valence-corrected chi connectivity index (χ2v) is 3.81. The molecule has 0 aliphatic carbocycles. The molecule has 0 fully saturated rings. The highest BCUT2D eigenvalue weighted by Crippen LogP contribution is 2.30. The maximum atomic E-state index is 12.6. The van der Waals surface area contributed by atoms with Crippen molar-refractivity contribution in [1.82, 2.24) is 14.9 Å².